The van der Waals surface area contributed by atoms with Crippen molar-refractivity contribution in [2.75, 3.05) is 20.3 Å². The highest BCUT2D eigenvalue weighted by Crippen LogP contribution is 2.30. The summed E-state index contributed by atoms with van der Waals surface area (Å²) in [6.07, 6.45) is 6.31. The van der Waals surface area contributed by atoms with Gasteiger partial charge in [0.05, 0.1) is 13.7 Å². The average molecular weight is 327 g/mol. The number of carbonyl (C=O) groups is 2. The molecule has 132 valence electrons. The lowest BCUT2D eigenvalue weighted by molar-refractivity contribution is -0.150. The molecule has 1 aliphatic heterocycles. The van der Waals surface area contributed by atoms with Gasteiger partial charge in [0.2, 0.25) is 0 Å². The molecule has 0 unspecified atom stereocenters. The summed E-state index contributed by atoms with van der Waals surface area (Å²) in [5.41, 5.74) is -0.603. The predicted molar refractivity (Wildman–Crippen MR) is 86.9 cm³/mol. The van der Waals surface area contributed by atoms with Crippen molar-refractivity contribution in [3.63, 3.8) is 0 Å². The van der Waals surface area contributed by atoms with E-state index >= 15 is 0 Å². The number of piperidine rings is 1. The first-order chi connectivity index (χ1) is 10.8. The molecular weight excluding hydrogens is 298 g/mol. The van der Waals surface area contributed by atoms with Crippen LogP contribution in [0.2, 0.25) is 0 Å². The van der Waals surface area contributed by atoms with Crippen LogP contribution in [0.1, 0.15) is 46.5 Å². The Morgan fingerprint density at radius 2 is 2.00 bits per heavy atom. The highest BCUT2D eigenvalue weighted by Gasteiger charge is 2.41. The SMILES string of the molecule is COC(=O)[C@@H]1[C@H](CC/C=C/CO)CCCN1C(=O)OC(C)(C)C. The van der Waals surface area contributed by atoms with Gasteiger partial charge in [-0.05, 0) is 52.4 Å². The number of amides is 1. The van der Waals surface area contributed by atoms with E-state index in [4.69, 9.17) is 14.6 Å². The van der Waals surface area contributed by atoms with Gasteiger partial charge in [-0.25, -0.2) is 9.59 Å². The first-order valence-corrected chi connectivity index (χ1v) is 8.13. The molecule has 1 amide bonds. The molecule has 0 aromatic rings. The molecule has 1 heterocycles. The number of hydrogen-bond donors (Lipinski definition) is 1. The Kier molecular flexibility index (Phi) is 7.55. The zero-order chi connectivity index (χ0) is 17.5. The van der Waals surface area contributed by atoms with Crippen molar-refractivity contribution in [3.8, 4) is 0 Å². The van der Waals surface area contributed by atoms with Crippen molar-refractivity contribution in [2.45, 2.75) is 58.1 Å². The van der Waals surface area contributed by atoms with Gasteiger partial charge >= 0.3 is 12.1 Å². The Bertz CT molecular complexity index is 427. The van der Waals surface area contributed by atoms with Gasteiger partial charge in [0.25, 0.3) is 0 Å². The Hall–Kier alpha value is -1.56. The lowest BCUT2D eigenvalue weighted by Gasteiger charge is -2.39. The summed E-state index contributed by atoms with van der Waals surface area (Å²) in [5, 5.41) is 8.77. The van der Waals surface area contributed by atoms with Crippen molar-refractivity contribution in [1.82, 2.24) is 4.90 Å². The molecule has 6 heteroatoms. The molecule has 0 aromatic carbocycles. The lowest BCUT2D eigenvalue weighted by Crippen LogP contribution is -2.54. The molecular formula is C17H29NO5. The van der Waals surface area contributed by atoms with Gasteiger partial charge in [-0.3, -0.25) is 4.90 Å². The standard InChI is InChI=1S/C17H29NO5/c1-17(2,3)23-16(21)18-11-8-10-13(9-6-5-7-12-19)14(18)15(20)22-4/h5,7,13-14,19H,6,8-12H2,1-4H3/b7-5+/t13-,14+/m1/s1. The fourth-order valence-electron chi connectivity index (χ4n) is 2.85. The van der Waals surface area contributed by atoms with Crippen LogP contribution in [0.15, 0.2) is 12.2 Å². The van der Waals surface area contributed by atoms with Gasteiger partial charge in [-0.1, -0.05) is 12.2 Å². The fraction of sp³-hybridized carbons (Fsp3) is 0.765. The number of rotatable bonds is 5. The third-order valence-electron chi connectivity index (χ3n) is 3.80. The molecule has 0 aromatic heterocycles. The molecule has 1 rings (SSSR count). The summed E-state index contributed by atoms with van der Waals surface area (Å²) in [6.45, 7) is 5.92. The van der Waals surface area contributed by atoms with Crippen LogP contribution >= 0.6 is 0 Å². The summed E-state index contributed by atoms with van der Waals surface area (Å²) in [5.74, 6) is -0.362. The van der Waals surface area contributed by atoms with Crippen LogP contribution in [-0.2, 0) is 14.3 Å². The third-order valence-corrected chi connectivity index (χ3v) is 3.80. The van der Waals surface area contributed by atoms with Gasteiger partial charge < -0.3 is 14.6 Å². The van der Waals surface area contributed by atoms with Crippen LogP contribution in [0.3, 0.4) is 0 Å². The number of ether oxygens (including phenoxy) is 2. The number of methoxy groups -OCH3 is 1. The minimum absolute atomic E-state index is 0.00906. The quantitative estimate of drug-likeness (QED) is 0.620. The van der Waals surface area contributed by atoms with Gasteiger partial charge in [0, 0.05) is 6.54 Å². The monoisotopic (exact) mass is 327 g/mol. The van der Waals surface area contributed by atoms with Crippen molar-refractivity contribution in [3.05, 3.63) is 12.2 Å². The van der Waals surface area contributed by atoms with Crippen LogP contribution in [0.4, 0.5) is 4.79 Å². The molecule has 0 bridgehead atoms. The number of esters is 1. The van der Waals surface area contributed by atoms with Crippen LogP contribution < -0.4 is 0 Å². The molecule has 0 aliphatic carbocycles. The Labute approximate surface area is 138 Å². The van der Waals surface area contributed by atoms with Crippen LogP contribution in [0.25, 0.3) is 0 Å². The van der Waals surface area contributed by atoms with Crippen LogP contribution in [-0.4, -0.2) is 54.0 Å². The van der Waals surface area contributed by atoms with Gasteiger partial charge in [0.1, 0.15) is 11.6 Å². The van der Waals surface area contributed by atoms with E-state index in [9.17, 15) is 9.59 Å². The lowest BCUT2D eigenvalue weighted by atomic mass is 9.85. The fourth-order valence-corrected chi connectivity index (χ4v) is 2.85. The van der Waals surface area contributed by atoms with Crippen molar-refractivity contribution in [2.24, 2.45) is 5.92 Å². The van der Waals surface area contributed by atoms with Gasteiger partial charge in [0.15, 0.2) is 0 Å². The summed E-state index contributed by atoms with van der Waals surface area (Å²) in [7, 11) is 1.34. The van der Waals surface area contributed by atoms with E-state index in [1.165, 1.54) is 12.0 Å². The van der Waals surface area contributed by atoms with E-state index < -0.39 is 23.7 Å². The Balaban J connectivity index is 2.84. The number of nitrogens with zero attached hydrogens (tertiary/aromatic N) is 1. The van der Waals surface area contributed by atoms with E-state index in [0.29, 0.717) is 6.54 Å². The van der Waals surface area contributed by atoms with E-state index in [2.05, 4.69) is 0 Å². The molecule has 2 atom stereocenters. The highest BCUT2D eigenvalue weighted by molar-refractivity contribution is 5.82. The van der Waals surface area contributed by atoms with Crippen LogP contribution in [0, 0.1) is 5.92 Å². The normalized spacial score (nSPS) is 22.2. The number of likely N-dealkylation sites (tertiary alicyclic amines) is 1. The minimum atomic E-state index is -0.605. The Morgan fingerprint density at radius 1 is 1.30 bits per heavy atom. The molecule has 0 spiro atoms. The zero-order valence-corrected chi connectivity index (χ0v) is 14.6. The minimum Gasteiger partial charge on any atom is -0.467 e. The van der Waals surface area contributed by atoms with Crippen molar-refractivity contribution in [1.29, 1.82) is 0 Å². The molecule has 1 saturated heterocycles. The van der Waals surface area contributed by atoms with Gasteiger partial charge in [-0.2, -0.15) is 0 Å². The second-order valence-corrected chi connectivity index (χ2v) is 6.78. The molecule has 23 heavy (non-hydrogen) atoms. The molecule has 0 saturated carbocycles. The molecule has 0 radical (unpaired) electrons. The smallest absolute Gasteiger partial charge is 0.411 e. The molecule has 1 aliphatic rings. The third kappa shape index (κ3) is 6.22. The summed E-state index contributed by atoms with van der Waals surface area (Å²) < 4.78 is 10.3. The highest BCUT2D eigenvalue weighted by atomic mass is 16.6. The maximum atomic E-state index is 12.4. The predicted octanol–water partition coefficient (Wildman–Crippen LogP) is 2.50. The van der Waals surface area contributed by atoms with E-state index in [-0.39, 0.29) is 12.5 Å². The molecule has 1 N–H and O–H groups in total. The maximum absolute atomic E-state index is 12.4. The zero-order valence-electron chi connectivity index (χ0n) is 14.6. The summed E-state index contributed by atoms with van der Waals surface area (Å²) in [6, 6.07) is -0.605. The number of aliphatic hydroxyl groups excluding tert-OH is 1. The summed E-state index contributed by atoms with van der Waals surface area (Å²) >= 11 is 0. The molecule has 1 fully saturated rings. The number of hydrogen-bond acceptors (Lipinski definition) is 5. The summed E-state index contributed by atoms with van der Waals surface area (Å²) in [4.78, 5) is 26.1. The second-order valence-electron chi connectivity index (χ2n) is 6.78. The van der Waals surface area contributed by atoms with Crippen LogP contribution in [0.5, 0.6) is 0 Å². The molecule has 6 nitrogen and oxygen atoms in total. The van der Waals surface area contributed by atoms with Crippen molar-refractivity contribution < 1.29 is 24.2 Å². The topological polar surface area (TPSA) is 76.1 Å². The first-order valence-electron chi connectivity index (χ1n) is 8.13. The first kappa shape index (κ1) is 19.5. The second kappa shape index (κ2) is 8.91. The maximum Gasteiger partial charge on any atom is 0.411 e. The average Bonchev–Trinajstić information content (AvgIpc) is 2.48. The van der Waals surface area contributed by atoms with Crippen molar-refractivity contribution >= 4 is 12.1 Å². The van der Waals surface area contributed by atoms with E-state index in [1.54, 1.807) is 26.8 Å². The number of carbonyl (C=O) groups excluding carboxylic acids is 2. The Morgan fingerprint density at radius 3 is 2.57 bits per heavy atom. The van der Waals surface area contributed by atoms with Gasteiger partial charge in [-0.15, -0.1) is 0 Å². The largest absolute Gasteiger partial charge is 0.467 e. The number of allylic oxidation sites excluding steroid dienone is 1. The van der Waals surface area contributed by atoms with E-state index in [1.807, 2.05) is 6.08 Å². The van der Waals surface area contributed by atoms with E-state index in [0.717, 1.165) is 25.7 Å². The number of aliphatic hydroxyl groups is 1.